The fourth-order valence-corrected chi connectivity index (χ4v) is 2.37. The van der Waals surface area contributed by atoms with Gasteiger partial charge in [0.25, 0.3) is 0 Å². The molecule has 0 bridgehead atoms. The lowest BCUT2D eigenvalue weighted by atomic mass is 10.1. The maximum Gasteiger partial charge on any atom is 0.0789 e. The van der Waals surface area contributed by atoms with Gasteiger partial charge in [-0.15, -0.1) is 0 Å². The van der Waals surface area contributed by atoms with E-state index in [9.17, 15) is 0 Å². The zero-order chi connectivity index (χ0) is 14.5. The second kappa shape index (κ2) is 6.87. The van der Waals surface area contributed by atoms with E-state index in [1.807, 2.05) is 30.5 Å². The van der Waals surface area contributed by atoms with Crippen LogP contribution in [0.3, 0.4) is 0 Å². The number of hydrogen-bond donors (Lipinski definition) is 1. The summed E-state index contributed by atoms with van der Waals surface area (Å²) in [5.41, 5.74) is 3.37. The summed E-state index contributed by atoms with van der Waals surface area (Å²) < 4.78 is 0. The molecule has 2 nitrogen and oxygen atoms in total. The van der Waals surface area contributed by atoms with Crippen molar-refractivity contribution >= 4 is 28.6 Å². The highest BCUT2D eigenvalue weighted by Gasteiger charge is 2.04. The summed E-state index contributed by atoms with van der Waals surface area (Å²) in [6, 6.07) is 7.89. The van der Waals surface area contributed by atoms with Crippen LogP contribution in [0.1, 0.15) is 26.3 Å². The molecule has 0 unspecified atom stereocenters. The summed E-state index contributed by atoms with van der Waals surface area (Å²) in [5, 5.41) is 5.21. The van der Waals surface area contributed by atoms with Gasteiger partial charge in [-0.25, -0.2) is 0 Å². The summed E-state index contributed by atoms with van der Waals surface area (Å²) in [4.78, 5) is 4.45. The van der Waals surface area contributed by atoms with Crippen molar-refractivity contribution in [3.05, 3.63) is 46.6 Å². The fourth-order valence-electron chi connectivity index (χ4n) is 2.15. The number of aromatic nitrogens is 1. The van der Waals surface area contributed by atoms with Crippen molar-refractivity contribution < 1.29 is 0 Å². The zero-order valence-electron chi connectivity index (χ0n) is 12.3. The normalized spacial score (nSPS) is 12.3. The summed E-state index contributed by atoms with van der Waals surface area (Å²) in [7, 11) is 0. The van der Waals surface area contributed by atoms with E-state index in [2.05, 4.69) is 37.1 Å². The van der Waals surface area contributed by atoms with Gasteiger partial charge in [-0.2, -0.15) is 0 Å². The zero-order valence-corrected chi connectivity index (χ0v) is 13.0. The van der Waals surface area contributed by atoms with E-state index in [1.54, 1.807) is 0 Å². The minimum absolute atomic E-state index is 0.667. The predicted octanol–water partition coefficient (Wildman–Crippen LogP) is 4.54. The van der Waals surface area contributed by atoms with E-state index in [0.29, 0.717) is 5.92 Å². The number of nitrogens with one attached hydrogen (secondary N) is 1. The van der Waals surface area contributed by atoms with Crippen LogP contribution < -0.4 is 5.32 Å². The topological polar surface area (TPSA) is 24.9 Å². The monoisotopic (exact) mass is 288 g/mol. The molecule has 2 aromatic rings. The predicted molar refractivity (Wildman–Crippen MR) is 88.1 cm³/mol. The Morgan fingerprint density at radius 2 is 2.15 bits per heavy atom. The molecule has 1 heterocycles. The maximum absolute atomic E-state index is 6.21. The van der Waals surface area contributed by atoms with Crippen LogP contribution >= 0.6 is 11.6 Å². The molecule has 1 aromatic carbocycles. The Balaban J connectivity index is 2.23. The van der Waals surface area contributed by atoms with Gasteiger partial charge < -0.3 is 5.32 Å². The number of hydrogen-bond acceptors (Lipinski definition) is 2. The van der Waals surface area contributed by atoms with Gasteiger partial charge in [0.05, 0.1) is 10.5 Å². The Hall–Kier alpha value is -1.38. The van der Waals surface area contributed by atoms with Crippen molar-refractivity contribution in [3.63, 3.8) is 0 Å². The van der Waals surface area contributed by atoms with Crippen molar-refractivity contribution in [2.45, 2.75) is 20.8 Å². The van der Waals surface area contributed by atoms with Gasteiger partial charge in [0.1, 0.15) is 0 Å². The Labute approximate surface area is 125 Å². The number of benzene rings is 1. The molecule has 0 aliphatic carbocycles. The largest absolute Gasteiger partial charge is 0.313 e. The van der Waals surface area contributed by atoms with Gasteiger partial charge >= 0.3 is 0 Å². The first-order chi connectivity index (χ1) is 9.58. The summed E-state index contributed by atoms with van der Waals surface area (Å²) >= 11 is 6.21. The van der Waals surface area contributed by atoms with E-state index in [4.69, 9.17) is 11.6 Å². The van der Waals surface area contributed by atoms with Crippen LogP contribution in [0.5, 0.6) is 0 Å². The van der Waals surface area contributed by atoms with Gasteiger partial charge in [0.2, 0.25) is 0 Å². The second-order valence-corrected chi connectivity index (χ2v) is 5.96. The van der Waals surface area contributed by atoms with Crippen LogP contribution in [0, 0.1) is 5.92 Å². The van der Waals surface area contributed by atoms with Crippen molar-refractivity contribution in [1.29, 1.82) is 0 Å². The number of nitrogens with zero attached hydrogens (tertiary/aromatic N) is 1. The Bertz CT molecular complexity index is 617. The Morgan fingerprint density at radius 1 is 1.35 bits per heavy atom. The highest BCUT2D eigenvalue weighted by atomic mass is 35.5. The Kier molecular flexibility index (Phi) is 5.16. The third kappa shape index (κ3) is 3.81. The smallest absolute Gasteiger partial charge is 0.0789 e. The van der Waals surface area contributed by atoms with Crippen LogP contribution in [0.15, 0.2) is 36.0 Å². The molecule has 2 rings (SSSR count). The molecule has 0 spiro atoms. The first kappa shape index (κ1) is 15.0. The number of halogens is 1. The van der Waals surface area contributed by atoms with Gasteiger partial charge in [-0.1, -0.05) is 43.2 Å². The molecule has 0 saturated carbocycles. The average molecular weight is 289 g/mol. The van der Waals surface area contributed by atoms with E-state index in [1.165, 1.54) is 5.57 Å². The van der Waals surface area contributed by atoms with Crippen LogP contribution in [-0.2, 0) is 0 Å². The molecular weight excluding hydrogens is 268 g/mol. The molecule has 0 aliphatic heterocycles. The van der Waals surface area contributed by atoms with Crippen molar-refractivity contribution in [3.8, 4) is 0 Å². The number of rotatable bonds is 5. The van der Waals surface area contributed by atoms with Crippen molar-refractivity contribution in [1.82, 2.24) is 10.3 Å². The van der Waals surface area contributed by atoms with E-state index in [0.717, 1.165) is 34.6 Å². The second-order valence-electron chi connectivity index (χ2n) is 5.55. The van der Waals surface area contributed by atoms with Gasteiger partial charge in [-0.05, 0) is 37.6 Å². The fraction of sp³-hybridized carbons (Fsp3) is 0.353. The van der Waals surface area contributed by atoms with E-state index >= 15 is 0 Å². The molecule has 0 saturated heterocycles. The lowest BCUT2D eigenvalue weighted by Gasteiger charge is -2.08. The van der Waals surface area contributed by atoms with E-state index < -0.39 is 0 Å². The summed E-state index contributed by atoms with van der Waals surface area (Å²) in [6.45, 7) is 8.49. The lowest BCUT2D eigenvalue weighted by molar-refractivity contribution is 0.572. The lowest BCUT2D eigenvalue weighted by Crippen LogP contribution is -2.21. The highest BCUT2D eigenvalue weighted by molar-refractivity contribution is 6.35. The van der Waals surface area contributed by atoms with Gasteiger partial charge in [0.15, 0.2) is 0 Å². The molecule has 20 heavy (non-hydrogen) atoms. The molecule has 0 fully saturated rings. The van der Waals surface area contributed by atoms with Crippen molar-refractivity contribution in [2.24, 2.45) is 5.92 Å². The van der Waals surface area contributed by atoms with Crippen molar-refractivity contribution in [2.75, 3.05) is 13.1 Å². The maximum atomic E-state index is 6.21. The number of fused-ring (bicyclic) bond motifs is 1. The third-order valence-electron chi connectivity index (χ3n) is 3.11. The van der Waals surface area contributed by atoms with Crippen LogP contribution in [0.2, 0.25) is 5.02 Å². The first-order valence-electron chi connectivity index (χ1n) is 6.99. The highest BCUT2D eigenvalue weighted by Crippen LogP contribution is 2.26. The number of pyridine rings is 1. The average Bonchev–Trinajstić information content (AvgIpc) is 2.42. The third-order valence-corrected chi connectivity index (χ3v) is 3.44. The Morgan fingerprint density at radius 3 is 2.90 bits per heavy atom. The first-order valence-corrected chi connectivity index (χ1v) is 7.37. The van der Waals surface area contributed by atoms with Crippen LogP contribution in [-0.4, -0.2) is 18.1 Å². The molecule has 0 atom stereocenters. The van der Waals surface area contributed by atoms with Gasteiger partial charge in [0, 0.05) is 23.7 Å². The molecular formula is C17H21ClN2. The molecule has 106 valence electrons. The molecule has 1 aromatic heterocycles. The van der Waals surface area contributed by atoms with Crippen LogP contribution in [0.4, 0.5) is 0 Å². The molecule has 1 N–H and O–H groups in total. The standard InChI is InChI=1S/C17H21ClN2/c1-12(2)10-19-11-13(3)9-14-6-7-16(18)15-5-4-8-20-17(14)15/h4-9,12,19H,10-11H2,1-3H3/b13-9+. The molecule has 0 amide bonds. The van der Waals surface area contributed by atoms with E-state index in [-0.39, 0.29) is 0 Å². The van der Waals surface area contributed by atoms with Crippen LogP contribution in [0.25, 0.3) is 17.0 Å². The molecule has 0 radical (unpaired) electrons. The van der Waals surface area contributed by atoms with Gasteiger partial charge in [-0.3, -0.25) is 4.98 Å². The quantitative estimate of drug-likeness (QED) is 0.874. The summed E-state index contributed by atoms with van der Waals surface area (Å²) in [6.07, 6.45) is 3.99. The minimum Gasteiger partial charge on any atom is -0.313 e. The molecule has 0 aliphatic rings. The SMILES string of the molecule is C/C(=C\c1ccc(Cl)c2cccnc12)CNCC(C)C. The molecule has 3 heteroatoms. The minimum atomic E-state index is 0.667. The summed E-state index contributed by atoms with van der Waals surface area (Å²) in [5.74, 6) is 0.667.